The molecule has 32 heavy (non-hydrogen) atoms. The molecule has 7 nitrogen and oxygen atoms in total. The van der Waals surface area contributed by atoms with Gasteiger partial charge in [0.05, 0.1) is 11.4 Å². The topological polar surface area (TPSA) is 84.3 Å². The van der Waals surface area contributed by atoms with Gasteiger partial charge in [-0.3, -0.25) is 4.79 Å². The Bertz CT molecular complexity index is 1130. The largest absolute Gasteiger partial charge is 0.342 e. The van der Waals surface area contributed by atoms with Gasteiger partial charge in [-0.2, -0.15) is 11.3 Å². The molecule has 1 fully saturated rings. The molecule has 0 spiro atoms. The molecule has 0 saturated carbocycles. The molecular weight excluding hydrogens is 444 g/mol. The van der Waals surface area contributed by atoms with Crippen molar-refractivity contribution in [2.45, 2.75) is 43.5 Å². The second-order valence-electron chi connectivity index (χ2n) is 8.15. The third-order valence-electron chi connectivity index (χ3n) is 5.93. The average molecular weight is 473 g/mol. The number of aromatic nitrogens is 2. The quantitative estimate of drug-likeness (QED) is 0.546. The van der Waals surface area contributed by atoms with Gasteiger partial charge >= 0.3 is 0 Å². The highest BCUT2D eigenvalue weighted by Gasteiger charge is 2.27. The van der Waals surface area contributed by atoms with Crippen molar-refractivity contribution in [2.24, 2.45) is 0 Å². The number of hydrogen-bond acceptors (Lipinski definition) is 5. The summed E-state index contributed by atoms with van der Waals surface area (Å²) in [6.07, 6.45) is 6.50. The molecule has 0 atom stereocenters. The van der Waals surface area contributed by atoms with Gasteiger partial charge < -0.3 is 9.47 Å². The maximum atomic E-state index is 12.6. The second kappa shape index (κ2) is 9.97. The van der Waals surface area contributed by atoms with E-state index in [1.807, 2.05) is 19.3 Å². The number of amides is 1. The van der Waals surface area contributed by atoms with Gasteiger partial charge in [-0.15, -0.1) is 0 Å². The summed E-state index contributed by atoms with van der Waals surface area (Å²) in [5, 5.41) is 4.27. The number of benzene rings is 1. The van der Waals surface area contributed by atoms with E-state index in [4.69, 9.17) is 0 Å². The fourth-order valence-electron chi connectivity index (χ4n) is 4.01. The van der Waals surface area contributed by atoms with Crippen LogP contribution in [0.1, 0.15) is 35.7 Å². The third kappa shape index (κ3) is 5.46. The first-order chi connectivity index (χ1) is 15.4. The Hall–Kier alpha value is -2.49. The fraction of sp³-hybridized carbons (Fsp3) is 0.391. The first kappa shape index (κ1) is 22.7. The monoisotopic (exact) mass is 472 g/mol. The van der Waals surface area contributed by atoms with E-state index in [1.54, 1.807) is 40.5 Å². The molecule has 3 heterocycles. The summed E-state index contributed by atoms with van der Waals surface area (Å²) in [5.41, 5.74) is 2.32. The molecular formula is C23H28N4O3S2. The van der Waals surface area contributed by atoms with Crippen molar-refractivity contribution < 1.29 is 13.2 Å². The maximum absolute atomic E-state index is 12.6. The van der Waals surface area contributed by atoms with Crippen LogP contribution < -0.4 is 4.72 Å². The van der Waals surface area contributed by atoms with Crippen molar-refractivity contribution in [1.29, 1.82) is 0 Å². The van der Waals surface area contributed by atoms with Crippen LogP contribution in [-0.4, -0.2) is 48.4 Å². The molecule has 9 heteroatoms. The molecule has 0 unspecified atom stereocenters. The van der Waals surface area contributed by atoms with Crippen LogP contribution in [0.25, 0.3) is 0 Å². The third-order valence-corrected chi connectivity index (χ3v) is 8.08. The van der Waals surface area contributed by atoms with E-state index < -0.39 is 10.0 Å². The molecule has 1 aliphatic rings. The number of sulfonamides is 1. The molecule has 1 saturated heterocycles. The predicted octanol–water partition coefficient (Wildman–Crippen LogP) is 3.18. The van der Waals surface area contributed by atoms with Crippen LogP contribution in [0.5, 0.6) is 0 Å². The number of hydrogen-bond donors (Lipinski definition) is 1. The van der Waals surface area contributed by atoms with Crippen LogP contribution in [-0.2, 0) is 27.8 Å². The number of rotatable bonds is 8. The molecule has 170 valence electrons. The lowest BCUT2D eigenvalue weighted by Gasteiger charge is -2.32. The number of piperidine rings is 1. The Labute approximate surface area is 193 Å². The lowest BCUT2D eigenvalue weighted by molar-refractivity contribution is -0.131. The Morgan fingerprint density at radius 3 is 2.62 bits per heavy atom. The van der Waals surface area contributed by atoms with E-state index in [2.05, 4.69) is 31.1 Å². The lowest BCUT2D eigenvalue weighted by atomic mass is 9.95. The summed E-state index contributed by atoms with van der Waals surface area (Å²) >= 11 is 1.71. The van der Waals surface area contributed by atoms with Gasteiger partial charge in [-0.1, -0.05) is 17.7 Å². The van der Waals surface area contributed by atoms with E-state index >= 15 is 0 Å². The van der Waals surface area contributed by atoms with Gasteiger partial charge in [-0.05, 0) is 60.7 Å². The smallest absolute Gasteiger partial charge is 0.241 e. The molecule has 1 amide bonds. The van der Waals surface area contributed by atoms with Crippen molar-refractivity contribution in [2.75, 3.05) is 19.6 Å². The second-order valence-corrected chi connectivity index (χ2v) is 10.7. The number of carbonyl (C=O) groups is 1. The minimum absolute atomic E-state index is 0.170. The van der Waals surface area contributed by atoms with Crippen molar-refractivity contribution in [3.8, 4) is 0 Å². The van der Waals surface area contributed by atoms with Crippen molar-refractivity contribution in [3.05, 3.63) is 70.4 Å². The molecule has 0 bridgehead atoms. The molecule has 1 N–H and O–H groups in total. The van der Waals surface area contributed by atoms with Crippen LogP contribution in [0.2, 0.25) is 0 Å². The Morgan fingerprint density at radius 2 is 1.94 bits per heavy atom. The van der Waals surface area contributed by atoms with E-state index in [0.717, 1.165) is 37.2 Å². The zero-order valence-electron chi connectivity index (χ0n) is 18.1. The average Bonchev–Trinajstić information content (AvgIpc) is 3.48. The minimum atomic E-state index is -3.70. The van der Waals surface area contributed by atoms with E-state index in [1.165, 1.54) is 5.56 Å². The summed E-state index contributed by atoms with van der Waals surface area (Å²) in [6.45, 7) is 3.77. The van der Waals surface area contributed by atoms with E-state index in [0.29, 0.717) is 19.0 Å². The van der Waals surface area contributed by atoms with Gasteiger partial charge in [0.1, 0.15) is 5.82 Å². The number of nitrogens with one attached hydrogen (secondary N) is 1. The highest BCUT2D eigenvalue weighted by atomic mass is 32.2. The molecule has 1 aromatic carbocycles. The van der Waals surface area contributed by atoms with Crippen LogP contribution in [0.3, 0.4) is 0 Å². The highest BCUT2D eigenvalue weighted by Crippen LogP contribution is 2.27. The highest BCUT2D eigenvalue weighted by molar-refractivity contribution is 7.89. The first-order valence-electron chi connectivity index (χ1n) is 10.8. The summed E-state index contributed by atoms with van der Waals surface area (Å²) in [5.74, 6) is 1.19. The van der Waals surface area contributed by atoms with Gasteiger partial charge in [0.15, 0.2) is 0 Å². The van der Waals surface area contributed by atoms with E-state index in [-0.39, 0.29) is 17.3 Å². The van der Waals surface area contributed by atoms with Gasteiger partial charge in [0.25, 0.3) is 0 Å². The summed E-state index contributed by atoms with van der Waals surface area (Å²) in [6, 6.07) is 8.73. The molecule has 3 aromatic rings. The summed E-state index contributed by atoms with van der Waals surface area (Å²) < 4.78 is 29.5. The number of aryl methyl sites for hydroxylation is 3. The maximum Gasteiger partial charge on any atom is 0.241 e. The number of thiophene rings is 1. The molecule has 4 rings (SSSR count). The Balaban J connectivity index is 1.28. The number of likely N-dealkylation sites (tertiary alicyclic amines) is 1. The standard InChI is InChI=1S/C23H28N4O3S2/c1-18-2-4-21(5-3-18)32(29,30)25-16-22(28)26-12-7-20(8-13-26)23-24-10-14-27(23)11-6-19-9-15-31-17-19/h2-5,9-10,14-15,17,20,25H,6-8,11-13,16H2,1H3. The first-order valence-corrected chi connectivity index (χ1v) is 13.2. The van der Waals surface area contributed by atoms with Crippen LogP contribution in [0, 0.1) is 6.92 Å². The van der Waals surface area contributed by atoms with Crippen LogP contribution in [0.15, 0.2) is 58.4 Å². The Morgan fingerprint density at radius 1 is 1.19 bits per heavy atom. The van der Waals surface area contributed by atoms with Crippen LogP contribution in [0.4, 0.5) is 0 Å². The lowest BCUT2D eigenvalue weighted by Crippen LogP contribution is -2.44. The van der Waals surface area contributed by atoms with Crippen LogP contribution >= 0.6 is 11.3 Å². The molecule has 0 aliphatic carbocycles. The summed E-state index contributed by atoms with van der Waals surface area (Å²) in [4.78, 5) is 19.1. The normalized spacial score (nSPS) is 15.2. The number of carbonyl (C=O) groups excluding carboxylic acids is 1. The van der Waals surface area contributed by atoms with E-state index in [9.17, 15) is 13.2 Å². The van der Waals surface area contributed by atoms with Gasteiger partial charge in [0, 0.05) is 37.9 Å². The van der Waals surface area contributed by atoms with Crippen molar-refractivity contribution in [3.63, 3.8) is 0 Å². The molecule has 1 aliphatic heterocycles. The predicted molar refractivity (Wildman–Crippen MR) is 125 cm³/mol. The van der Waals surface area contributed by atoms with Crippen molar-refractivity contribution in [1.82, 2.24) is 19.2 Å². The fourth-order valence-corrected chi connectivity index (χ4v) is 5.69. The Kier molecular flexibility index (Phi) is 7.07. The number of nitrogens with zero attached hydrogens (tertiary/aromatic N) is 3. The number of imidazole rings is 1. The van der Waals surface area contributed by atoms with Crippen molar-refractivity contribution >= 4 is 27.3 Å². The molecule has 0 radical (unpaired) electrons. The van der Waals surface area contributed by atoms with Gasteiger partial charge in [0.2, 0.25) is 15.9 Å². The van der Waals surface area contributed by atoms with Gasteiger partial charge in [-0.25, -0.2) is 18.1 Å². The molecule has 2 aromatic heterocycles. The zero-order chi connectivity index (χ0) is 22.6. The SMILES string of the molecule is Cc1ccc(S(=O)(=O)NCC(=O)N2CCC(c3nccn3CCc3ccsc3)CC2)cc1. The zero-order valence-corrected chi connectivity index (χ0v) is 19.7. The minimum Gasteiger partial charge on any atom is -0.342 e. The summed E-state index contributed by atoms with van der Waals surface area (Å²) in [7, 11) is -3.70.